The molecule has 0 aromatic carbocycles. The average Bonchev–Trinajstić information content (AvgIpc) is 2.69. The summed E-state index contributed by atoms with van der Waals surface area (Å²) in [4.78, 5) is 32.6. The van der Waals surface area contributed by atoms with Gasteiger partial charge in [0.05, 0.1) is 0 Å². The van der Waals surface area contributed by atoms with E-state index >= 15 is 0 Å². The minimum Gasteiger partial charge on any atom is -0.370 e. The van der Waals surface area contributed by atoms with E-state index in [-0.39, 0.29) is 11.8 Å². The summed E-state index contributed by atoms with van der Waals surface area (Å²) in [5.74, 6) is 1.32. The highest BCUT2D eigenvalue weighted by Gasteiger charge is 2.23. The summed E-state index contributed by atoms with van der Waals surface area (Å²) in [7, 11) is 0. The maximum Gasteiger partial charge on any atom is 0.222 e. The van der Waals surface area contributed by atoms with Crippen molar-refractivity contribution >= 4 is 17.8 Å². The Labute approximate surface area is 177 Å². The molecule has 1 aliphatic rings. The van der Waals surface area contributed by atoms with Crippen molar-refractivity contribution in [3.8, 4) is 0 Å². The molecule has 29 heavy (non-hydrogen) atoms. The zero-order valence-corrected chi connectivity index (χ0v) is 18.9. The molecule has 0 aromatic heterocycles. The molecule has 0 aliphatic carbocycles. The Hall–Kier alpha value is -1.79. The number of piperazine rings is 1. The van der Waals surface area contributed by atoms with Crippen molar-refractivity contribution in [2.24, 2.45) is 16.6 Å². The molecule has 7 nitrogen and oxygen atoms in total. The number of amides is 2. The van der Waals surface area contributed by atoms with E-state index in [1.54, 1.807) is 0 Å². The molecule has 7 heteroatoms. The fourth-order valence-electron chi connectivity index (χ4n) is 3.43. The van der Waals surface area contributed by atoms with Gasteiger partial charge >= 0.3 is 0 Å². The van der Waals surface area contributed by atoms with Crippen molar-refractivity contribution in [1.29, 1.82) is 0 Å². The zero-order chi connectivity index (χ0) is 21.5. The van der Waals surface area contributed by atoms with E-state index < -0.39 is 0 Å². The Balaban J connectivity index is 2.07. The Morgan fingerprint density at radius 1 is 0.931 bits per heavy atom. The number of rotatable bonds is 13. The molecule has 2 amide bonds. The Kier molecular flexibility index (Phi) is 13.1. The van der Waals surface area contributed by atoms with Crippen LogP contribution in [0.1, 0.15) is 78.6 Å². The normalized spacial score (nSPS) is 15.1. The molecule has 1 fully saturated rings. The molecular weight excluding hydrogens is 366 g/mol. The van der Waals surface area contributed by atoms with E-state index in [1.807, 2.05) is 9.80 Å². The van der Waals surface area contributed by atoms with Crippen molar-refractivity contribution in [2.75, 3.05) is 39.3 Å². The second-order valence-electron chi connectivity index (χ2n) is 8.42. The Morgan fingerprint density at radius 3 is 2.17 bits per heavy atom. The lowest BCUT2D eigenvalue weighted by molar-refractivity contribution is -0.140. The summed E-state index contributed by atoms with van der Waals surface area (Å²) in [6.07, 6.45) is 8.84. The van der Waals surface area contributed by atoms with Gasteiger partial charge in [-0.3, -0.25) is 14.6 Å². The van der Waals surface area contributed by atoms with Crippen LogP contribution in [-0.2, 0) is 9.59 Å². The number of nitrogens with two attached hydrogens (primary N) is 1. The zero-order valence-electron chi connectivity index (χ0n) is 18.9. The van der Waals surface area contributed by atoms with Gasteiger partial charge in [-0.25, -0.2) is 0 Å². The first-order chi connectivity index (χ1) is 13.9. The summed E-state index contributed by atoms with van der Waals surface area (Å²) in [5.41, 5.74) is 5.86. The molecule has 0 radical (unpaired) electrons. The monoisotopic (exact) mass is 409 g/mol. The molecule has 0 saturated carbocycles. The first-order valence-corrected chi connectivity index (χ1v) is 11.5. The number of hydrogen-bond donors (Lipinski definition) is 2. The summed E-state index contributed by atoms with van der Waals surface area (Å²) in [6.45, 7) is 10.6. The van der Waals surface area contributed by atoms with E-state index in [9.17, 15) is 9.59 Å². The lowest BCUT2D eigenvalue weighted by Crippen LogP contribution is -2.50. The van der Waals surface area contributed by atoms with Gasteiger partial charge < -0.3 is 20.9 Å². The van der Waals surface area contributed by atoms with Crippen LogP contribution in [0.25, 0.3) is 0 Å². The van der Waals surface area contributed by atoms with Crippen LogP contribution >= 0.6 is 0 Å². The third-order valence-corrected chi connectivity index (χ3v) is 5.24. The van der Waals surface area contributed by atoms with Crippen LogP contribution in [0.2, 0.25) is 0 Å². The van der Waals surface area contributed by atoms with Crippen molar-refractivity contribution in [3.05, 3.63) is 0 Å². The number of guanidine groups is 1. The minimum absolute atomic E-state index is 0.206. The highest BCUT2D eigenvalue weighted by atomic mass is 16.2. The molecule has 0 atom stereocenters. The predicted molar refractivity (Wildman–Crippen MR) is 120 cm³/mol. The fraction of sp³-hybridized carbons (Fsp3) is 0.864. The molecule has 3 N–H and O–H groups in total. The van der Waals surface area contributed by atoms with Gasteiger partial charge in [0.2, 0.25) is 11.8 Å². The van der Waals surface area contributed by atoms with Crippen molar-refractivity contribution in [2.45, 2.75) is 78.6 Å². The molecule has 0 unspecified atom stereocenters. The highest BCUT2D eigenvalue weighted by Crippen LogP contribution is 2.10. The SMILES string of the molecule is CCCCCCNC(N)=NCCCCCC(=O)N1CCN(C(=O)CC(C)C)CC1. The van der Waals surface area contributed by atoms with Gasteiger partial charge in [0.25, 0.3) is 0 Å². The quantitative estimate of drug-likeness (QED) is 0.278. The second kappa shape index (κ2) is 15.1. The average molecular weight is 410 g/mol. The molecule has 1 saturated heterocycles. The van der Waals surface area contributed by atoms with Crippen molar-refractivity contribution < 1.29 is 9.59 Å². The van der Waals surface area contributed by atoms with Crippen LogP contribution in [-0.4, -0.2) is 66.8 Å². The minimum atomic E-state index is 0.206. The maximum absolute atomic E-state index is 12.4. The fourth-order valence-corrected chi connectivity index (χ4v) is 3.43. The Morgan fingerprint density at radius 2 is 1.55 bits per heavy atom. The number of aliphatic imine (C=N–C) groups is 1. The molecule has 1 heterocycles. The van der Waals surface area contributed by atoms with Gasteiger partial charge in [-0.1, -0.05) is 46.5 Å². The summed E-state index contributed by atoms with van der Waals surface area (Å²) < 4.78 is 0. The van der Waals surface area contributed by atoms with Crippen LogP contribution < -0.4 is 11.1 Å². The molecular formula is C22H43N5O2. The standard InChI is InChI=1S/C22H43N5O2/c1-4-5-6-9-12-24-22(23)25-13-10-7-8-11-20(28)26-14-16-27(17-15-26)21(29)18-19(2)3/h19H,4-18H2,1-3H3,(H3,23,24,25). The molecule has 1 aliphatic heterocycles. The number of nitrogens with one attached hydrogen (secondary N) is 1. The van der Waals surface area contributed by atoms with E-state index in [2.05, 4.69) is 31.1 Å². The number of carbonyl (C=O) groups excluding carboxylic acids is 2. The lowest BCUT2D eigenvalue weighted by Gasteiger charge is -2.35. The topological polar surface area (TPSA) is 91.0 Å². The summed E-state index contributed by atoms with van der Waals surface area (Å²) >= 11 is 0. The van der Waals surface area contributed by atoms with Crippen LogP contribution in [0.5, 0.6) is 0 Å². The maximum atomic E-state index is 12.4. The van der Waals surface area contributed by atoms with Gasteiger partial charge in [-0.2, -0.15) is 0 Å². The highest BCUT2D eigenvalue weighted by molar-refractivity contribution is 5.78. The van der Waals surface area contributed by atoms with E-state index in [0.717, 1.165) is 32.2 Å². The molecule has 168 valence electrons. The lowest BCUT2D eigenvalue weighted by atomic mass is 10.1. The first kappa shape index (κ1) is 25.2. The predicted octanol–water partition coefficient (Wildman–Crippen LogP) is 2.75. The van der Waals surface area contributed by atoms with Gasteiger partial charge in [0, 0.05) is 52.1 Å². The van der Waals surface area contributed by atoms with Gasteiger partial charge in [-0.05, 0) is 25.2 Å². The van der Waals surface area contributed by atoms with Gasteiger partial charge in [-0.15, -0.1) is 0 Å². The van der Waals surface area contributed by atoms with Gasteiger partial charge in [0.1, 0.15) is 0 Å². The van der Waals surface area contributed by atoms with Crippen molar-refractivity contribution in [3.63, 3.8) is 0 Å². The number of hydrogen-bond acceptors (Lipinski definition) is 3. The summed E-state index contributed by atoms with van der Waals surface area (Å²) in [5, 5.41) is 3.15. The molecule has 1 rings (SSSR count). The number of nitrogens with zero attached hydrogens (tertiary/aromatic N) is 3. The Bertz CT molecular complexity index is 499. The number of unbranched alkanes of at least 4 members (excludes halogenated alkanes) is 5. The van der Waals surface area contributed by atoms with Crippen LogP contribution in [0, 0.1) is 5.92 Å². The van der Waals surface area contributed by atoms with E-state index in [4.69, 9.17) is 5.73 Å². The largest absolute Gasteiger partial charge is 0.370 e. The summed E-state index contributed by atoms with van der Waals surface area (Å²) in [6, 6.07) is 0. The van der Waals surface area contributed by atoms with Crippen LogP contribution in [0.4, 0.5) is 0 Å². The third-order valence-electron chi connectivity index (χ3n) is 5.24. The second-order valence-corrected chi connectivity index (χ2v) is 8.42. The molecule has 0 aromatic rings. The van der Waals surface area contributed by atoms with Gasteiger partial charge in [0.15, 0.2) is 5.96 Å². The van der Waals surface area contributed by atoms with Crippen LogP contribution in [0.3, 0.4) is 0 Å². The molecule has 0 spiro atoms. The number of carbonyl (C=O) groups is 2. The van der Waals surface area contributed by atoms with Crippen LogP contribution in [0.15, 0.2) is 4.99 Å². The first-order valence-electron chi connectivity index (χ1n) is 11.5. The van der Waals surface area contributed by atoms with E-state index in [1.165, 1.54) is 19.3 Å². The van der Waals surface area contributed by atoms with Crippen molar-refractivity contribution in [1.82, 2.24) is 15.1 Å². The molecule has 0 bridgehead atoms. The van der Waals surface area contributed by atoms with E-state index in [0.29, 0.717) is 57.4 Å². The third kappa shape index (κ3) is 11.7. The smallest absolute Gasteiger partial charge is 0.222 e.